The number of anilines is 3. The zero-order chi connectivity index (χ0) is 23.2. The van der Waals surface area contributed by atoms with Crippen molar-refractivity contribution in [1.29, 1.82) is 0 Å². The molecule has 3 aromatic rings. The summed E-state index contributed by atoms with van der Waals surface area (Å²) in [5.41, 5.74) is 8.44. The predicted molar refractivity (Wildman–Crippen MR) is 131 cm³/mol. The molecule has 2 aliphatic rings. The molecule has 0 amide bonds. The zero-order valence-corrected chi connectivity index (χ0v) is 19.3. The van der Waals surface area contributed by atoms with E-state index in [0.29, 0.717) is 25.8 Å². The second kappa shape index (κ2) is 10.8. The molecule has 1 aliphatic carbocycles. The molecule has 0 unspecified atom stereocenters. The average molecular weight is 462 g/mol. The van der Waals surface area contributed by atoms with Gasteiger partial charge in [-0.1, -0.05) is 43.2 Å². The van der Waals surface area contributed by atoms with Gasteiger partial charge in [-0.25, -0.2) is 15.0 Å². The van der Waals surface area contributed by atoms with Crippen molar-refractivity contribution in [1.82, 2.24) is 19.9 Å². The molecule has 1 saturated heterocycles. The molecule has 3 heterocycles. The largest absolute Gasteiger partial charge is 0.378 e. The lowest BCUT2D eigenvalue weighted by molar-refractivity contribution is 0.00875. The molecular formula is C25H31N7O2. The summed E-state index contributed by atoms with van der Waals surface area (Å²) in [4.78, 5) is 20.1. The Kier molecular flexibility index (Phi) is 7.11. The summed E-state index contributed by atoms with van der Waals surface area (Å²) >= 11 is 0. The Labute approximate surface area is 199 Å². The number of morpholine rings is 1. The summed E-state index contributed by atoms with van der Waals surface area (Å²) in [5, 5.41) is 3.67. The lowest BCUT2D eigenvalue weighted by Gasteiger charge is -2.33. The minimum atomic E-state index is 0.124. The second-order valence-electron chi connectivity index (χ2n) is 8.74. The Morgan fingerprint density at radius 1 is 1.03 bits per heavy atom. The summed E-state index contributed by atoms with van der Waals surface area (Å²) in [6.07, 6.45) is 7.94. The molecule has 1 saturated carbocycles. The number of nitrogens with two attached hydrogens (primary N) is 1. The topological polar surface area (TPSA) is 111 Å². The number of benzene rings is 1. The second-order valence-corrected chi connectivity index (χ2v) is 8.74. The van der Waals surface area contributed by atoms with Gasteiger partial charge in [0.15, 0.2) is 0 Å². The minimum absolute atomic E-state index is 0.124. The van der Waals surface area contributed by atoms with Crippen LogP contribution in [0.5, 0.6) is 0 Å². The smallest absolute Gasteiger partial charge is 0.228 e. The molecule has 2 aromatic heterocycles. The van der Waals surface area contributed by atoms with E-state index >= 15 is 0 Å². The van der Waals surface area contributed by atoms with E-state index in [0.717, 1.165) is 43.0 Å². The fourth-order valence-corrected chi connectivity index (χ4v) is 4.46. The van der Waals surface area contributed by atoms with Crippen molar-refractivity contribution in [3.63, 3.8) is 0 Å². The summed E-state index contributed by atoms with van der Waals surface area (Å²) in [6, 6.07) is 12.5. The molecule has 9 heteroatoms. The summed E-state index contributed by atoms with van der Waals surface area (Å²) in [5.74, 6) is 1.70. The Morgan fingerprint density at radius 3 is 2.59 bits per heavy atom. The average Bonchev–Trinajstić information content (AvgIpc) is 2.89. The highest BCUT2D eigenvalue weighted by atomic mass is 16.5. The number of rotatable bonds is 7. The monoisotopic (exact) mass is 461 g/mol. The normalized spacial score (nSPS) is 20.8. The Bertz CT molecular complexity index is 1060. The van der Waals surface area contributed by atoms with Gasteiger partial charge in [-0.15, -0.1) is 0 Å². The Hall–Kier alpha value is -3.30. The first-order valence-corrected chi connectivity index (χ1v) is 12.0. The highest BCUT2D eigenvalue weighted by Crippen LogP contribution is 2.28. The van der Waals surface area contributed by atoms with E-state index in [9.17, 15) is 0 Å². The van der Waals surface area contributed by atoms with Gasteiger partial charge in [0, 0.05) is 37.1 Å². The quantitative estimate of drug-likeness (QED) is 0.547. The lowest BCUT2D eigenvalue weighted by atomic mass is 9.92. The SMILES string of the molecule is Nc1ncc(-c2cc(N[C@H]3CCCC[C@@H]3OCc3ccccc3)nc(N3CCOCC3)n2)cn1. The maximum absolute atomic E-state index is 6.36. The molecular weight excluding hydrogens is 430 g/mol. The van der Waals surface area contributed by atoms with Gasteiger partial charge in [0.05, 0.1) is 37.7 Å². The third-order valence-electron chi connectivity index (χ3n) is 6.32. The lowest BCUT2D eigenvalue weighted by Crippen LogP contribution is -2.39. The van der Waals surface area contributed by atoms with Crippen LogP contribution in [-0.2, 0) is 16.1 Å². The maximum atomic E-state index is 6.36. The molecule has 3 N–H and O–H groups in total. The van der Waals surface area contributed by atoms with Crippen molar-refractivity contribution in [2.75, 3.05) is 42.3 Å². The molecule has 0 radical (unpaired) electrons. The third kappa shape index (κ3) is 5.60. The first-order chi connectivity index (χ1) is 16.7. The van der Waals surface area contributed by atoms with Crippen LogP contribution in [0.1, 0.15) is 31.2 Å². The van der Waals surface area contributed by atoms with Crippen molar-refractivity contribution in [3.05, 3.63) is 54.4 Å². The minimum Gasteiger partial charge on any atom is -0.378 e. The Balaban J connectivity index is 1.38. The van der Waals surface area contributed by atoms with E-state index in [1.54, 1.807) is 12.4 Å². The van der Waals surface area contributed by atoms with E-state index < -0.39 is 0 Å². The van der Waals surface area contributed by atoms with Gasteiger partial charge in [-0.2, -0.15) is 4.98 Å². The van der Waals surface area contributed by atoms with E-state index in [4.69, 9.17) is 25.2 Å². The van der Waals surface area contributed by atoms with Crippen LogP contribution in [0.4, 0.5) is 17.7 Å². The number of aromatic nitrogens is 4. The van der Waals surface area contributed by atoms with Gasteiger partial charge >= 0.3 is 0 Å². The van der Waals surface area contributed by atoms with Crippen molar-refractivity contribution in [2.24, 2.45) is 0 Å². The fourth-order valence-electron chi connectivity index (χ4n) is 4.46. The van der Waals surface area contributed by atoms with Crippen LogP contribution in [0.3, 0.4) is 0 Å². The van der Waals surface area contributed by atoms with E-state index in [1.807, 2.05) is 24.3 Å². The van der Waals surface area contributed by atoms with Gasteiger partial charge in [0.25, 0.3) is 0 Å². The van der Waals surface area contributed by atoms with Gasteiger partial charge < -0.3 is 25.4 Å². The first kappa shape index (κ1) is 22.5. The van der Waals surface area contributed by atoms with Crippen LogP contribution in [-0.4, -0.2) is 58.4 Å². The van der Waals surface area contributed by atoms with Crippen molar-refractivity contribution in [2.45, 2.75) is 44.4 Å². The predicted octanol–water partition coefficient (Wildman–Crippen LogP) is 3.29. The van der Waals surface area contributed by atoms with Crippen LogP contribution < -0.4 is 16.0 Å². The molecule has 2 atom stereocenters. The third-order valence-corrected chi connectivity index (χ3v) is 6.32. The molecule has 9 nitrogen and oxygen atoms in total. The fraction of sp³-hybridized carbons (Fsp3) is 0.440. The van der Waals surface area contributed by atoms with Crippen LogP contribution in [0, 0.1) is 0 Å². The number of nitrogens with one attached hydrogen (secondary N) is 1. The van der Waals surface area contributed by atoms with Crippen LogP contribution in [0.15, 0.2) is 48.8 Å². The number of hydrogen-bond acceptors (Lipinski definition) is 9. The first-order valence-electron chi connectivity index (χ1n) is 12.0. The molecule has 0 bridgehead atoms. The van der Waals surface area contributed by atoms with Crippen LogP contribution in [0.25, 0.3) is 11.3 Å². The highest BCUT2D eigenvalue weighted by molar-refractivity contribution is 5.63. The van der Waals surface area contributed by atoms with Crippen LogP contribution >= 0.6 is 0 Å². The summed E-state index contributed by atoms with van der Waals surface area (Å²) in [6.45, 7) is 3.46. The molecule has 1 aliphatic heterocycles. The number of hydrogen-bond donors (Lipinski definition) is 2. The molecule has 178 valence electrons. The Morgan fingerprint density at radius 2 is 1.79 bits per heavy atom. The number of nitrogens with zero attached hydrogens (tertiary/aromatic N) is 5. The van der Waals surface area contributed by atoms with Gasteiger partial charge in [-0.05, 0) is 18.4 Å². The molecule has 5 rings (SSSR count). The van der Waals surface area contributed by atoms with E-state index in [2.05, 4.69) is 32.3 Å². The van der Waals surface area contributed by atoms with Crippen molar-refractivity contribution < 1.29 is 9.47 Å². The van der Waals surface area contributed by atoms with Crippen LogP contribution in [0.2, 0.25) is 0 Å². The van der Waals surface area contributed by atoms with E-state index in [-0.39, 0.29) is 18.1 Å². The zero-order valence-electron chi connectivity index (χ0n) is 19.3. The highest BCUT2D eigenvalue weighted by Gasteiger charge is 2.27. The van der Waals surface area contributed by atoms with Crippen molar-refractivity contribution in [3.8, 4) is 11.3 Å². The van der Waals surface area contributed by atoms with E-state index in [1.165, 1.54) is 18.4 Å². The molecule has 34 heavy (non-hydrogen) atoms. The number of nitrogen functional groups attached to an aromatic ring is 1. The van der Waals surface area contributed by atoms with Gasteiger partial charge in [0.2, 0.25) is 11.9 Å². The van der Waals surface area contributed by atoms with Crippen molar-refractivity contribution >= 4 is 17.7 Å². The molecule has 2 fully saturated rings. The van der Waals surface area contributed by atoms with Gasteiger partial charge in [-0.3, -0.25) is 0 Å². The standard InChI is InChI=1S/C25H31N7O2/c26-24-27-15-19(16-28-24)21-14-23(31-25(30-21)32-10-12-33-13-11-32)29-20-8-4-5-9-22(20)34-17-18-6-2-1-3-7-18/h1-3,6-7,14-16,20,22H,4-5,8-13,17H2,(H2,26,27,28)(H,29,30,31)/t20-,22-/m0/s1. The maximum Gasteiger partial charge on any atom is 0.228 e. The van der Waals surface area contributed by atoms with Gasteiger partial charge in [0.1, 0.15) is 5.82 Å². The molecule has 1 aromatic carbocycles. The summed E-state index contributed by atoms with van der Waals surface area (Å²) < 4.78 is 11.9. The number of ether oxygens (including phenoxy) is 2. The summed E-state index contributed by atoms with van der Waals surface area (Å²) in [7, 11) is 0. The molecule has 0 spiro atoms.